The molecule has 0 spiro atoms. The fraction of sp³-hybridized carbons (Fsp3) is 0.462. The van der Waals surface area contributed by atoms with Gasteiger partial charge >= 0.3 is 10.1 Å². The standard InChI is InChI=1S/C13H14F4O4S/c1-4-13(2,3)7(18)5-6-8(14)10(16)12(22(19,20)21)11(17)9(6)15/h4-5H2,1-3H3,(H,19,20,21). The summed E-state index contributed by atoms with van der Waals surface area (Å²) in [6.45, 7) is 4.63. The first-order valence-electron chi connectivity index (χ1n) is 6.20. The molecule has 0 aliphatic heterocycles. The fourth-order valence-corrected chi connectivity index (χ4v) is 2.27. The zero-order chi connectivity index (χ0) is 17.5. The summed E-state index contributed by atoms with van der Waals surface area (Å²) < 4.78 is 85.0. The first-order valence-corrected chi connectivity index (χ1v) is 7.64. The minimum Gasteiger partial charge on any atom is -0.299 e. The Hall–Kier alpha value is -1.48. The van der Waals surface area contributed by atoms with Crippen LogP contribution in [0.1, 0.15) is 32.8 Å². The van der Waals surface area contributed by atoms with Crippen LogP contribution >= 0.6 is 0 Å². The maximum absolute atomic E-state index is 13.8. The molecule has 22 heavy (non-hydrogen) atoms. The van der Waals surface area contributed by atoms with Gasteiger partial charge in [0.15, 0.2) is 28.2 Å². The Kier molecular flexibility index (Phi) is 5.03. The van der Waals surface area contributed by atoms with Crippen molar-refractivity contribution in [3.8, 4) is 0 Å². The van der Waals surface area contributed by atoms with E-state index in [0.29, 0.717) is 6.42 Å². The fourth-order valence-electron chi connectivity index (χ4n) is 1.64. The van der Waals surface area contributed by atoms with Crippen molar-refractivity contribution in [1.82, 2.24) is 0 Å². The average Bonchev–Trinajstić information content (AvgIpc) is 2.39. The summed E-state index contributed by atoms with van der Waals surface area (Å²) >= 11 is 0. The van der Waals surface area contributed by atoms with Crippen LogP contribution in [0.4, 0.5) is 17.6 Å². The second kappa shape index (κ2) is 5.96. The molecule has 0 heterocycles. The van der Waals surface area contributed by atoms with Gasteiger partial charge in [0.25, 0.3) is 0 Å². The van der Waals surface area contributed by atoms with Crippen LogP contribution < -0.4 is 0 Å². The lowest BCUT2D eigenvalue weighted by Crippen LogP contribution is -2.26. The number of carbonyl (C=O) groups is 1. The van der Waals surface area contributed by atoms with Crippen molar-refractivity contribution < 1.29 is 35.3 Å². The van der Waals surface area contributed by atoms with E-state index in [9.17, 15) is 30.8 Å². The first-order chi connectivity index (χ1) is 9.84. The summed E-state index contributed by atoms with van der Waals surface area (Å²) in [4.78, 5) is 9.81. The Labute approximate surface area is 124 Å². The molecule has 1 aromatic rings. The summed E-state index contributed by atoms with van der Waals surface area (Å²) in [6, 6.07) is 0. The average molecular weight is 342 g/mol. The zero-order valence-corrected chi connectivity index (χ0v) is 12.8. The van der Waals surface area contributed by atoms with E-state index in [-0.39, 0.29) is 0 Å². The van der Waals surface area contributed by atoms with E-state index in [1.54, 1.807) is 6.92 Å². The predicted octanol–water partition coefficient (Wildman–Crippen LogP) is 3.04. The van der Waals surface area contributed by atoms with E-state index in [1.165, 1.54) is 13.8 Å². The molecule has 0 amide bonds. The van der Waals surface area contributed by atoms with Crippen molar-refractivity contribution in [1.29, 1.82) is 0 Å². The topological polar surface area (TPSA) is 71.4 Å². The van der Waals surface area contributed by atoms with E-state index < -0.39 is 61.5 Å². The molecule has 124 valence electrons. The van der Waals surface area contributed by atoms with Crippen LogP contribution in [0.25, 0.3) is 0 Å². The highest BCUT2D eigenvalue weighted by atomic mass is 32.2. The second-order valence-corrected chi connectivity index (χ2v) is 6.73. The Bertz CT molecular complexity index is 697. The monoisotopic (exact) mass is 342 g/mol. The van der Waals surface area contributed by atoms with E-state index in [2.05, 4.69) is 0 Å². The molecule has 1 aromatic carbocycles. The number of ketones is 1. The number of hydrogen-bond donors (Lipinski definition) is 1. The van der Waals surface area contributed by atoms with E-state index in [1.807, 2.05) is 0 Å². The molecule has 1 N–H and O–H groups in total. The Morgan fingerprint density at radius 1 is 1.05 bits per heavy atom. The molecule has 0 aliphatic carbocycles. The van der Waals surface area contributed by atoms with Crippen LogP contribution in [0.5, 0.6) is 0 Å². The summed E-state index contributed by atoms with van der Waals surface area (Å²) in [5.41, 5.74) is -2.19. The summed E-state index contributed by atoms with van der Waals surface area (Å²) in [5, 5.41) is 0. The molecule has 0 aliphatic rings. The largest absolute Gasteiger partial charge is 0.300 e. The van der Waals surface area contributed by atoms with E-state index in [0.717, 1.165) is 0 Å². The van der Waals surface area contributed by atoms with Crippen molar-refractivity contribution in [2.24, 2.45) is 5.41 Å². The predicted molar refractivity (Wildman–Crippen MR) is 68.9 cm³/mol. The van der Waals surface area contributed by atoms with Gasteiger partial charge in [0, 0.05) is 17.4 Å². The molecule has 0 atom stereocenters. The number of Topliss-reactive ketones (excluding diaryl/α,β-unsaturated/α-hetero) is 1. The number of hydrogen-bond acceptors (Lipinski definition) is 3. The summed E-state index contributed by atoms with van der Waals surface area (Å²) in [6.07, 6.45) is -0.624. The minimum atomic E-state index is -5.50. The highest BCUT2D eigenvalue weighted by Crippen LogP contribution is 2.30. The van der Waals surface area contributed by atoms with Gasteiger partial charge in [-0.3, -0.25) is 9.35 Å². The SMILES string of the molecule is CCC(C)(C)C(=O)Cc1c(F)c(F)c(S(=O)(=O)O)c(F)c1F. The van der Waals surface area contributed by atoms with Gasteiger partial charge in [-0.25, -0.2) is 17.6 Å². The minimum absolute atomic E-state index is 0.323. The normalized spacial score (nSPS) is 12.5. The van der Waals surface area contributed by atoms with Crippen LogP contribution in [-0.2, 0) is 21.3 Å². The van der Waals surface area contributed by atoms with E-state index in [4.69, 9.17) is 4.55 Å². The van der Waals surface area contributed by atoms with Gasteiger partial charge in [0.1, 0.15) is 5.78 Å². The molecule has 0 aromatic heterocycles. The van der Waals surface area contributed by atoms with Crippen molar-refractivity contribution in [3.63, 3.8) is 0 Å². The Morgan fingerprint density at radius 3 is 1.77 bits per heavy atom. The molecule has 0 fully saturated rings. The van der Waals surface area contributed by atoms with Gasteiger partial charge in [-0.1, -0.05) is 20.8 Å². The van der Waals surface area contributed by atoms with Gasteiger partial charge in [0.05, 0.1) is 0 Å². The lowest BCUT2D eigenvalue weighted by atomic mass is 9.82. The molecule has 9 heteroatoms. The number of carbonyl (C=O) groups excluding carboxylic acids is 1. The molecule has 0 saturated carbocycles. The maximum atomic E-state index is 13.8. The molecule has 1 rings (SSSR count). The lowest BCUT2D eigenvalue weighted by Gasteiger charge is -2.21. The van der Waals surface area contributed by atoms with Crippen LogP contribution in [0.3, 0.4) is 0 Å². The Balaban J connectivity index is 3.52. The lowest BCUT2D eigenvalue weighted by molar-refractivity contribution is -0.126. The smallest absolute Gasteiger partial charge is 0.299 e. The van der Waals surface area contributed by atoms with Gasteiger partial charge < -0.3 is 0 Å². The molecule has 4 nitrogen and oxygen atoms in total. The van der Waals surface area contributed by atoms with Crippen LogP contribution in [0.15, 0.2) is 4.90 Å². The van der Waals surface area contributed by atoms with Gasteiger partial charge in [-0.15, -0.1) is 0 Å². The van der Waals surface area contributed by atoms with Crippen LogP contribution in [0, 0.1) is 28.7 Å². The molecule has 0 saturated heterocycles. The van der Waals surface area contributed by atoms with Gasteiger partial charge in [-0.2, -0.15) is 8.42 Å². The Morgan fingerprint density at radius 2 is 1.45 bits per heavy atom. The maximum Gasteiger partial charge on any atom is 0.300 e. The summed E-state index contributed by atoms with van der Waals surface area (Å²) in [5.74, 6) is -9.25. The third kappa shape index (κ3) is 3.30. The van der Waals surface area contributed by atoms with Crippen molar-refractivity contribution in [3.05, 3.63) is 28.8 Å². The van der Waals surface area contributed by atoms with Gasteiger partial charge in [0.2, 0.25) is 0 Å². The van der Waals surface area contributed by atoms with Crippen LogP contribution in [0.2, 0.25) is 0 Å². The van der Waals surface area contributed by atoms with E-state index >= 15 is 0 Å². The highest BCUT2D eigenvalue weighted by molar-refractivity contribution is 7.85. The summed E-state index contributed by atoms with van der Waals surface area (Å²) in [7, 11) is -5.50. The third-order valence-electron chi connectivity index (χ3n) is 3.55. The highest BCUT2D eigenvalue weighted by Gasteiger charge is 2.34. The first kappa shape index (κ1) is 18.6. The zero-order valence-electron chi connectivity index (χ0n) is 12.0. The van der Waals surface area contributed by atoms with Crippen molar-refractivity contribution in [2.75, 3.05) is 0 Å². The van der Waals surface area contributed by atoms with Crippen LogP contribution in [-0.4, -0.2) is 18.8 Å². The molecule has 0 unspecified atom stereocenters. The number of rotatable bonds is 5. The molecular weight excluding hydrogens is 328 g/mol. The molecule has 0 bridgehead atoms. The van der Waals surface area contributed by atoms with Gasteiger partial charge in [-0.05, 0) is 6.42 Å². The number of halogens is 4. The molecule has 0 radical (unpaired) electrons. The quantitative estimate of drug-likeness (QED) is 0.507. The number of benzene rings is 1. The third-order valence-corrected chi connectivity index (χ3v) is 4.42. The second-order valence-electron chi connectivity index (χ2n) is 5.38. The van der Waals surface area contributed by atoms with Crippen molar-refractivity contribution >= 4 is 15.9 Å². The van der Waals surface area contributed by atoms with Crippen molar-refractivity contribution in [2.45, 2.75) is 38.5 Å². The molecular formula is C13H14F4O4S.